The Balaban J connectivity index is 1.61. The summed E-state index contributed by atoms with van der Waals surface area (Å²) in [6, 6.07) is 27.7. The second kappa shape index (κ2) is 10.1. The van der Waals surface area contributed by atoms with Crippen molar-refractivity contribution in [1.82, 2.24) is 0 Å². The monoisotopic (exact) mass is 548 g/mol. The SMILES string of the molecule is N#Cc1c(NC(=O)COC(=O)c2ccccc2I)oc(-c2ccccc2)c1-c1ccccc1. The number of nitriles is 1. The highest BCUT2D eigenvalue weighted by Crippen LogP contribution is 2.41. The first-order valence-corrected chi connectivity index (χ1v) is 11.1. The third-order valence-corrected chi connectivity index (χ3v) is 5.74. The fraction of sp³-hybridized carbons (Fsp3) is 0.0385. The van der Waals surface area contributed by atoms with Gasteiger partial charge in [0.25, 0.3) is 5.91 Å². The molecule has 0 fully saturated rings. The van der Waals surface area contributed by atoms with E-state index >= 15 is 0 Å². The number of nitrogens with zero attached hydrogens (tertiary/aromatic N) is 1. The number of amides is 1. The molecule has 0 aliphatic rings. The van der Waals surface area contributed by atoms with E-state index in [4.69, 9.17) is 9.15 Å². The number of furan rings is 1. The molecule has 0 radical (unpaired) electrons. The summed E-state index contributed by atoms with van der Waals surface area (Å²) < 4.78 is 11.8. The number of esters is 1. The normalized spacial score (nSPS) is 10.3. The van der Waals surface area contributed by atoms with Crippen molar-refractivity contribution in [1.29, 1.82) is 5.26 Å². The predicted octanol–water partition coefficient (Wildman–Crippen LogP) is 5.89. The van der Waals surface area contributed by atoms with Crippen molar-refractivity contribution in [2.75, 3.05) is 11.9 Å². The lowest BCUT2D eigenvalue weighted by Crippen LogP contribution is -2.21. The number of hydrogen-bond acceptors (Lipinski definition) is 5. The van der Waals surface area contributed by atoms with E-state index in [0.29, 0.717) is 16.9 Å². The summed E-state index contributed by atoms with van der Waals surface area (Å²) in [5.41, 5.74) is 2.69. The van der Waals surface area contributed by atoms with Crippen LogP contribution in [0.5, 0.6) is 0 Å². The zero-order valence-electron chi connectivity index (χ0n) is 17.2. The van der Waals surface area contributed by atoms with Gasteiger partial charge < -0.3 is 9.15 Å². The minimum absolute atomic E-state index is 0.00514. The smallest absolute Gasteiger partial charge is 0.339 e. The Labute approximate surface area is 203 Å². The Hall–Kier alpha value is -3.90. The number of carbonyl (C=O) groups is 2. The van der Waals surface area contributed by atoms with Gasteiger partial charge in [-0.2, -0.15) is 5.26 Å². The molecule has 3 aromatic carbocycles. The first-order chi connectivity index (χ1) is 16.1. The first kappa shape index (κ1) is 22.3. The molecular weight excluding hydrogens is 531 g/mol. The van der Waals surface area contributed by atoms with Crippen LogP contribution in [0, 0.1) is 14.9 Å². The molecule has 0 saturated heterocycles. The Kier molecular flexibility index (Phi) is 6.86. The zero-order chi connectivity index (χ0) is 23.2. The fourth-order valence-electron chi connectivity index (χ4n) is 3.30. The largest absolute Gasteiger partial charge is 0.452 e. The second-order valence-electron chi connectivity index (χ2n) is 6.96. The van der Waals surface area contributed by atoms with E-state index in [2.05, 4.69) is 11.4 Å². The van der Waals surface area contributed by atoms with Crippen LogP contribution in [0.2, 0.25) is 0 Å². The lowest BCUT2D eigenvalue weighted by atomic mass is 9.98. The van der Waals surface area contributed by atoms with Crippen molar-refractivity contribution in [2.24, 2.45) is 0 Å². The van der Waals surface area contributed by atoms with Crippen molar-refractivity contribution in [3.8, 4) is 28.5 Å². The molecule has 1 aromatic heterocycles. The summed E-state index contributed by atoms with van der Waals surface area (Å²) in [7, 11) is 0. The molecule has 0 atom stereocenters. The number of carbonyl (C=O) groups excluding carboxylic acids is 2. The average Bonchev–Trinajstić information content (AvgIpc) is 3.22. The van der Waals surface area contributed by atoms with Gasteiger partial charge in [0, 0.05) is 14.7 Å². The fourth-order valence-corrected chi connectivity index (χ4v) is 3.90. The standard InChI is InChI=1S/C26H17IN2O4/c27-21-14-8-7-13-19(21)26(31)32-16-22(30)29-25-20(15-28)23(17-9-3-1-4-10-17)24(33-25)18-11-5-2-6-12-18/h1-14H,16H2,(H,29,30). The molecule has 1 amide bonds. The van der Waals surface area contributed by atoms with Crippen LogP contribution >= 0.6 is 22.6 Å². The molecule has 4 aromatic rings. The van der Waals surface area contributed by atoms with E-state index in [9.17, 15) is 14.9 Å². The summed E-state index contributed by atoms with van der Waals surface area (Å²) in [5, 5.41) is 12.5. The Morgan fingerprint density at radius 3 is 2.15 bits per heavy atom. The van der Waals surface area contributed by atoms with E-state index in [1.165, 1.54) is 0 Å². The van der Waals surface area contributed by atoms with Crippen molar-refractivity contribution in [3.63, 3.8) is 0 Å². The van der Waals surface area contributed by atoms with Crippen LogP contribution in [0.4, 0.5) is 5.88 Å². The molecule has 7 heteroatoms. The van der Waals surface area contributed by atoms with Crippen LogP contribution in [-0.4, -0.2) is 18.5 Å². The number of benzene rings is 3. The highest BCUT2D eigenvalue weighted by molar-refractivity contribution is 14.1. The average molecular weight is 548 g/mol. The lowest BCUT2D eigenvalue weighted by Gasteiger charge is -2.06. The maximum absolute atomic E-state index is 12.5. The number of anilines is 1. The molecule has 4 rings (SSSR count). The lowest BCUT2D eigenvalue weighted by molar-refractivity contribution is -0.119. The minimum atomic E-state index is -0.612. The predicted molar refractivity (Wildman–Crippen MR) is 132 cm³/mol. The van der Waals surface area contributed by atoms with Crippen LogP contribution in [0.3, 0.4) is 0 Å². The topological polar surface area (TPSA) is 92.3 Å². The van der Waals surface area contributed by atoms with Gasteiger partial charge in [0.2, 0.25) is 5.88 Å². The molecule has 33 heavy (non-hydrogen) atoms. The number of hydrogen-bond donors (Lipinski definition) is 1. The van der Waals surface area contributed by atoms with Crippen LogP contribution < -0.4 is 5.32 Å². The maximum Gasteiger partial charge on any atom is 0.339 e. The molecule has 0 aliphatic carbocycles. The van der Waals surface area contributed by atoms with Gasteiger partial charge in [-0.25, -0.2) is 4.79 Å². The van der Waals surface area contributed by atoms with Gasteiger partial charge in [-0.05, 0) is 40.3 Å². The van der Waals surface area contributed by atoms with E-state index in [0.717, 1.165) is 14.7 Å². The van der Waals surface area contributed by atoms with Crippen molar-refractivity contribution in [2.45, 2.75) is 0 Å². The summed E-state index contributed by atoms with van der Waals surface area (Å²) in [4.78, 5) is 24.8. The maximum atomic E-state index is 12.5. The van der Waals surface area contributed by atoms with E-state index in [1.807, 2.05) is 83.3 Å². The molecule has 1 N–H and O–H groups in total. The van der Waals surface area contributed by atoms with Crippen LogP contribution in [0.25, 0.3) is 22.5 Å². The van der Waals surface area contributed by atoms with Crippen LogP contribution in [-0.2, 0) is 9.53 Å². The third kappa shape index (κ3) is 4.96. The summed E-state index contributed by atoms with van der Waals surface area (Å²) >= 11 is 2.03. The highest BCUT2D eigenvalue weighted by Gasteiger charge is 2.24. The number of halogens is 1. The first-order valence-electron chi connectivity index (χ1n) is 9.97. The number of nitrogens with one attached hydrogen (secondary N) is 1. The van der Waals surface area contributed by atoms with Crippen molar-refractivity contribution in [3.05, 3.63) is 99.6 Å². The van der Waals surface area contributed by atoms with Crippen LogP contribution in [0.1, 0.15) is 15.9 Å². The molecular formula is C26H17IN2O4. The summed E-state index contributed by atoms with van der Waals surface area (Å²) in [6.45, 7) is -0.517. The molecule has 0 aliphatic heterocycles. The van der Waals surface area contributed by atoms with Gasteiger partial charge in [-0.1, -0.05) is 72.8 Å². The molecule has 162 valence electrons. The highest BCUT2D eigenvalue weighted by atomic mass is 127. The van der Waals surface area contributed by atoms with Gasteiger partial charge in [-0.15, -0.1) is 0 Å². The Morgan fingerprint density at radius 2 is 1.52 bits per heavy atom. The third-order valence-electron chi connectivity index (χ3n) is 4.80. The Morgan fingerprint density at radius 1 is 0.909 bits per heavy atom. The second-order valence-corrected chi connectivity index (χ2v) is 8.12. The molecule has 1 heterocycles. The quantitative estimate of drug-likeness (QED) is 0.240. The van der Waals surface area contributed by atoms with E-state index < -0.39 is 18.5 Å². The summed E-state index contributed by atoms with van der Waals surface area (Å²) in [5.74, 6) is -0.751. The van der Waals surface area contributed by atoms with Crippen molar-refractivity contribution >= 4 is 40.4 Å². The Bertz CT molecular complexity index is 1340. The zero-order valence-corrected chi connectivity index (χ0v) is 19.4. The number of ether oxygens (including phenoxy) is 1. The minimum Gasteiger partial charge on any atom is -0.452 e. The van der Waals surface area contributed by atoms with Gasteiger partial charge in [-0.3, -0.25) is 10.1 Å². The van der Waals surface area contributed by atoms with E-state index in [-0.39, 0.29) is 11.4 Å². The number of rotatable bonds is 6. The van der Waals surface area contributed by atoms with Crippen LogP contribution in [0.15, 0.2) is 89.3 Å². The van der Waals surface area contributed by atoms with Gasteiger partial charge >= 0.3 is 5.97 Å². The molecule has 0 unspecified atom stereocenters. The molecule has 0 spiro atoms. The summed E-state index contributed by atoms with van der Waals surface area (Å²) in [6.07, 6.45) is 0. The molecule has 0 bridgehead atoms. The van der Waals surface area contributed by atoms with Crippen molar-refractivity contribution < 1.29 is 18.7 Å². The molecule has 0 saturated carbocycles. The van der Waals surface area contributed by atoms with Gasteiger partial charge in [0.15, 0.2) is 6.61 Å². The van der Waals surface area contributed by atoms with E-state index in [1.54, 1.807) is 24.3 Å². The van der Waals surface area contributed by atoms with Gasteiger partial charge in [0.1, 0.15) is 17.4 Å². The van der Waals surface area contributed by atoms with Gasteiger partial charge in [0.05, 0.1) is 5.56 Å². The molecule has 6 nitrogen and oxygen atoms in total.